The average Bonchev–Trinajstić information content (AvgIpc) is 2.31. The monoisotopic (exact) mass is 213 g/mol. The third kappa shape index (κ3) is 3.74. The molecule has 0 aromatic heterocycles. The van der Waals surface area contributed by atoms with Crippen molar-refractivity contribution in [1.82, 2.24) is 4.90 Å². The van der Waals surface area contributed by atoms with Crippen molar-refractivity contribution in [3.05, 3.63) is 0 Å². The van der Waals surface area contributed by atoms with E-state index in [1.165, 1.54) is 51.7 Å². The van der Waals surface area contributed by atoms with Crippen LogP contribution >= 0.6 is 0 Å². The van der Waals surface area contributed by atoms with E-state index in [0.717, 1.165) is 13.1 Å². The molecule has 90 valence electrons. The van der Waals surface area contributed by atoms with Crippen molar-refractivity contribution in [3.63, 3.8) is 0 Å². The van der Waals surface area contributed by atoms with Gasteiger partial charge in [-0.15, -0.1) is 0 Å². The lowest BCUT2D eigenvalue weighted by Gasteiger charge is -2.40. The number of unbranched alkanes of at least 4 members (excludes halogenated alkanes) is 2. The molecule has 15 heavy (non-hydrogen) atoms. The molecule has 0 atom stereocenters. The predicted molar refractivity (Wildman–Crippen MR) is 65.7 cm³/mol. The first kappa shape index (κ1) is 12.9. The summed E-state index contributed by atoms with van der Waals surface area (Å²) in [5, 5.41) is 0. The molecule has 0 amide bonds. The van der Waals surface area contributed by atoms with E-state index in [1.807, 2.05) is 0 Å². The zero-order chi connectivity index (χ0) is 11.1. The van der Waals surface area contributed by atoms with Crippen LogP contribution in [0.4, 0.5) is 0 Å². The molecule has 0 unspecified atom stereocenters. The molecule has 1 heterocycles. The maximum atomic E-state index is 5.82. The van der Waals surface area contributed by atoms with E-state index >= 15 is 0 Å². The standard InChI is InChI=1S/C12H27N3/c1-2-3-4-7-15-8-5-12(10-13,11-14)6-9-15/h2-11,13-14H2,1H3. The third-order valence-corrected chi connectivity index (χ3v) is 3.86. The van der Waals surface area contributed by atoms with Crippen LogP contribution in [-0.2, 0) is 0 Å². The minimum atomic E-state index is 0.251. The molecule has 0 aromatic carbocycles. The van der Waals surface area contributed by atoms with Gasteiger partial charge in [0.25, 0.3) is 0 Å². The van der Waals surface area contributed by atoms with Crippen LogP contribution in [0.5, 0.6) is 0 Å². The fourth-order valence-electron chi connectivity index (χ4n) is 2.33. The maximum Gasteiger partial charge on any atom is -0.000748 e. The molecule has 1 aliphatic heterocycles. The molecule has 0 aliphatic carbocycles. The van der Waals surface area contributed by atoms with Gasteiger partial charge in [-0.1, -0.05) is 19.8 Å². The number of nitrogens with two attached hydrogens (primary N) is 2. The second-order valence-corrected chi connectivity index (χ2v) is 4.96. The third-order valence-electron chi connectivity index (χ3n) is 3.86. The summed E-state index contributed by atoms with van der Waals surface area (Å²) in [5.74, 6) is 0. The Bertz CT molecular complexity index is 156. The second kappa shape index (κ2) is 6.46. The van der Waals surface area contributed by atoms with Crippen molar-refractivity contribution in [1.29, 1.82) is 0 Å². The van der Waals surface area contributed by atoms with Crippen LogP contribution in [0.15, 0.2) is 0 Å². The summed E-state index contributed by atoms with van der Waals surface area (Å²) in [4.78, 5) is 2.57. The highest BCUT2D eigenvalue weighted by Crippen LogP contribution is 2.29. The van der Waals surface area contributed by atoms with E-state index in [1.54, 1.807) is 0 Å². The van der Waals surface area contributed by atoms with Gasteiger partial charge in [0.15, 0.2) is 0 Å². The summed E-state index contributed by atoms with van der Waals surface area (Å²) in [6.07, 6.45) is 6.38. The molecule has 3 heteroatoms. The van der Waals surface area contributed by atoms with E-state index in [-0.39, 0.29) is 5.41 Å². The molecular weight excluding hydrogens is 186 g/mol. The van der Waals surface area contributed by atoms with Crippen LogP contribution in [0.1, 0.15) is 39.0 Å². The van der Waals surface area contributed by atoms with Gasteiger partial charge in [-0.3, -0.25) is 0 Å². The summed E-state index contributed by atoms with van der Waals surface area (Å²) in [6.45, 7) is 7.41. The molecule has 0 bridgehead atoms. The van der Waals surface area contributed by atoms with Gasteiger partial charge < -0.3 is 16.4 Å². The van der Waals surface area contributed by atoms with Crippen molar-refractivity contribution in [2.75, 3.05) is 32.7 Å². The fraction of sp³-hybridized carbons (Fsp3) is 1.00. The highest BCUT2D eigenvalue weighted by molar-refractivity contribution is 4.87. The van der Waals surface area contributed by atoms with Crippen LogP contribution < -0.4 is 11.5 Å². The molecule has 1 aliphatic rings. The maximum absolute atomic E-state index is 5.82. The number of hydrogen-bond donors (Lipinski definition) is 2. The van der Waals surface area contributed by atoms with Gasteiger partial charge in [0.2, 0.25) is 0 Å². The Labute approximate surface area is 94.2 Å². The van der Waals surface area contributed by atoms with E-state index in [2.05, 4.69) is 11.8 Å². The Balaban J connectivity index is 2.22. The van der Waals surface area contributed by atoms with Crippen molar-refractivity contribution in [3.8, 4) is 0 Å². The van der Waals surface area contributed by atoms with Crippen LogP contribution in [0.2, 0.25) is 0 Å². The van der Waals surface area contributed by atoms with Gasteiger partial charge in [-0.05, 0) is 57.4 Å². The van der Waals surface area contributed by atoms with Gasteiger partial charge in [-0.2, -0.15) is 0 Å². The van der Waals surface area contributed by atoms with Crippen molar-refractivity contribution >= 4 is 0 Å². The minimum Gasteiger partial charge on any atom is -0.330 e. The quantitative estimate of drug-likeness (QED) is 0.651. The van der Waals surface area contributed by atoms with Crippen LogP contribution in [0.25, 0.3) is 0 Å². The Kier molecular flexibility index (Phi) is 5.58. The summed E-state index contributed by atoms with van der Waals surface area (Å²) >= 11 is 0. The zero-order valence-electron chi connectivity index (χ0n) is 10.2. The second-order valence-electron chi connectivity index (χ2n) is 4.96. The smallest absolute Gasteiger partial charge is 0.000748 e. The predicted octanol–water partition coefficient (Wildman–Crippen LogP) is 1.18. The van der Waals surface area contributed by atoms with Crippen LogP contribution in [0.3, 0.4) is 0 Å². The first-order valence-corrected chi connectivity index (χ1v) is 6.39. The van der Waals surface area contributed by atoms with Crippen molar-refractivity contribution in [2.24, 2.45) is 16.9 Å². The normalized spacial score (nSPS) is 21.8. The van der Waals surface area contributed by atoms with Gasteiger partial charge in [0.1, 0.15) is 0 Å². The number of hydrogen-bond acceptors (Lipinski definition) is 3. The molecule has 0 saturated carbocycles. The van der Waals surface area contributed by atoms with Gasteiger partial charge in [0, 0.05) is 0 Å². The zero-order valence-corrected chi connectivity index (χ0v) is 10.2. The van der Waals surface area contributed by atoms with E-state index in [4.69, 9.17) is 11.5 Å². The van der Waals surface area contributed by atoms with Crippen LogP contribution in [-0.4, -0.2) is 37.6 Å². The number of piperidine rings is 1. The SMILES string of the molecule is CCCCCN1CCC(CN)(CN)CC1. The Hall–Kier alpha value is -0.120. The first-order valence-electron chi connectivity index (χ1n) is 6.39. The molecular formula is C12H27N3. The van der Waals surface area contributed by atoms with Gasteiger partial charge in [0.05, 0.1) is 0 Å². The summed E-state index contributed by atoms with van der Waals surface area (Å²) in [6, 6.07) is 0. The van der Waals surface area contributed by atoms with Crippen molar-refractivity contribution < 1.29 is 0 Å². The highest BCUT2D eigenvalue weighted by atomic mass is 15.1. The molecule has 1 rings (SSSR count). The molecule has 3 nitrogen and oxygen atoms in total. The molecule has 1 fully saturated rings. The number of likely N-dealkylation sites (tertiary alicyclic amines) is 1. The summed E-state index contributed by atoms with van der Waals surface area (Å²) in [5.41, 5.74) is 11.9. The summed E-state index contributed by atoms with van der Waals surface area (Å²) in [7, 11) is 0. The largest absolute Gasteiger partial charge is 0.330 e. The van der Waals surface area contributed by atoms with E-state index < -0.39 is 0 Å². The Morgan fingerprint density at radius 1 is 1.07 bits per heavy atom. The fourth-order valence-corrected chi connectivity index (χ4v) is 2.33. The van der Waals surface area contributed by atoms with Crippen LogP contribution in [0, 0.1) is 5.41 Å². The van der Waals surface area contributed by atoms with E-state index in [0.29, 0.717) is 0 Å². The molecule has 0 radical (unpaired) electrons. The average molecular weight is 213 g/mol. The Morgan fingerprint density at radius 3 is 2.13 bits per heavy atom. The van der Waals surface area contributed by atoms with Crippen molar-refractivity contribution in [2.45, 2.75) is 39.0 Å². The van der Waals surface area contributed by atoms with Gasteiger partial charge in [-0.25, -0.2) is 0 Å². The summed E-state index contributed by atoms with van der Waals surface area (Å²) < 4.78 is 0. The molecule has 1 saturated heterocycles. The minimum absolute atomic E-state index is 0.251. The lowest BCUT2D eigenvalue weighted by atomic mass is 9.78. The molecule has 0 aromatic rings. The number of rotatable bonds is 6. The topological polar surface area (TPSA) is 55.3 Å². The first-order chi connectivity index (χ1) is 7.26. The highest BCUT2D eigenvalue weighted by Gasteiger charge is 2.31. The lowest BCUT2D eigenvalue weighted by Crippen LogP contribution is -2.47. The number of nitrogens with zero attached hydrogens (tertiary/aromatic N) is 1. The molecule has 4 N–H and O–H groups in total. The van der Waals surface area contributed by atoms with E-state index in [9.17, 15) is 0 Å². The molecule has 0 spiro atoms. The van der Waals surface area contributed by atoms with Gasteiger partial charge >= 0.3 is 0 Å². The Morgan fingerprint density at radius 2 is 1.67 bits per heavy atom. The lowest BCUT2D eigenvalue weighted by molar-refractivity contribution is 0.114.